The lowest BCUT2D eigenvalue weighted by Gasteiger charge is -2.20. The number of carboxylic acids is 1. The molecule has 0 bridgehead atoms. The maximum absolute atomic E-state index is 13.6. The largest absolute Gasteiger partial charge is 0.496 e. The molecule has 0 fully saturated rings. The van der Waals surface area contributed by atoms with Crippen molar-refractivity contribution >= 4 is 55.2 Å². The van der Waals surface area contributed by atoms with E-state index >= 15 is 0 Å². The van der Waals surface area contributed by atoms with Crippen LogP contribution in [0.2, 0.25) is 0 Å². The molecular formula is C36H32Br2O7. The molecule has 7 nitrogen and oxygen atoms in total. The molecule has 4 rings (SSSR count). The zero-order chi connectivity index (χ0) is 32.7. The highest BCUT2D eigenvalue weighted by molar-refractivity contribution is 9.11. The number of Topliss-reactive ketones (excluding diaryl/α,β-unsaturated/α-hetero) is 3. The second-order valence-electron chi connectivity index (χ2n) is 10.8. The summed E-state index contributed by atoms with van der Waals surface area (Å²) in [5, 5.41) is 9.32. The fourth-order valence-electron chi connectivity index (χ4n) is 5.04. The van der Waals surface area contributed by atoms with E-state index in [0.29, 0.717) is 42.9 Å². The van der Waals surface area contributed by atoms with Crippen molar-refractivity contribution in [2.24, 2.45) is 0 Å². The average molecular weight is 736 g/mol. The molecule has 0 radical (unpaired) electrons. The first-order chi connectivity index (χ1) is 21.5. The van der Waals surface area contributed by atoms with Gasteiger partial charge < -0.3 is 14.6 Å². The van der Waals surface area contributed by atoms with E-state index in [9.17, 15) is 24.3 Å². The van der Waals surface area contributed by atoms with E-state index in [4.69, 9.17) is 9.47 Å². The molecule has 1 atom stereocenters. The Kier molecular flexibility index (Phi) is 11.5. The summed E-state index contributed by atoms with van der Waals surface area (Å²) in [4.78, 5) is 51.6. The molecule has 4 aromatic carbocycles. The van der Waals surface area contributed by atoms with Crippen LogP contribution < -0.4 is 9.47 Å². The smallest absolute Gasteiger partial charge is 0.310 e. The summed E-state index contributed by atoms with van der Waals surface area (Å²) in [5.74, 6) is -2.68. The Balaban J connectivity index is 1.75. The van der Waals surface area contributed by atoms with Crippen LogP contribution in [0.5, 0.6) is 17.2 Å². The van der Waals surface area contributed by atoms with E-state index in [2.05, 4.69) is 31.9 Å². The van der Waals surface area contributed by atoms with Crippen molar-refractivity contribution in [1.29, 1.82) is 0 Å². The van der Waals surface area contributed by atoms with Crippen LogP contribution in [-0.2, 0) is 27.2 Å². The van der Waals surface area contributed by atoms with Crippen molar-refractivity contribution in [3.8, 4) is 17.2 Å². The summed E-state index contributed by atoms with van der Waals surface area (Å²) in [5.41, 5.74) is 3.05. The van der Waals surface area contributed by atoms with Gasteiger partial charge in [-0.2, -0.15) is 0 Å². The first kappa shape index (κ1) is 33.8. The number of carboxylic acid groups (broad SMARTS) is 1. The van der Waals surface area contributed by atoms with Crippen LogP contribution in [0.3, 0.4) is 0 Å². The number of carbonyl (C=O) groups excluding carboxylic acids is 3. The van der Waals surface area contributed by atoms with Gasteiger partial charge in [0.1, 0.15) is 23.8 Å². The molecule has 232 valence electrons. The van der Waals surface area contributed by atoms with Gasteiger partial charge in [0.05, 0.1) is 21.6 Å². The van der Waals surface area contributed by atoms with Gasteiger partial charge in [-0.15, -0.1) is 0 Å². The molecule has 0 spiro atoms. The fourth-order valence-corrected chi connectivity index (χ4v) is 6.42. The maximum Gasteiger partial charge on any atom is 0.310 e. The number of ether oxygens (including phenoxy) is 2. The number of aliphatic carboxylic acids is 1. The second kappa shape index (κ2) is 15.3. The minimum Gasteiger partial charge on any atom is -0.496 e. The van der Waals surface area contributed by atoms with Crippen LogP contribution in [0.1, 0.15) is 64.7 Å². The number of rotatable bonds is 14. The number of ketones is 3. The van der Waals surface area contributed by atoms with Crippen LogP contribution >= 0.6 is 31.9 Å². The summed E-state index contributed by atoms with van der Waals surface area (Å²) >= 11 is 7.05. The molecule has 45 heavy (non-hydrogen) atoms. The van der Waals surface area contributed by atoms with Crippen LogP contribution in [0.4, 0.5) is 0 Å². The molecule has 1 N–H and O–H groups in total. The van der Waals surface area contributed by atoms with Crippen LogP contribution in [0.15, 0.2) is 93.9 Å². The quantitative estimate of drug-likeness (QED) is 0.102. The Morgan fingerprint density at radius 1 is 0.756 bits per heavy atom. The fraction of sp³-hybridized carbons (Fsp3) is 0.222. The van der Waals surface area contributed by atoms with Gasteiger partial charge in [0.15, 0.2) is 23.1 Å². The summed E-state index contributed by atoms with van der Waals surface area (Å²) in [6.07, 6.45) is -0.685. The van der Waals surface area contributed by atoms with Crippen LogP contribution in [0.25, 0.3) is 0 Å². The van der Waals surface area contributed by atoms with E-state index in [0.717, 1.165) is 11.1 Å². The van der Waals surface area contributed by atoms with Gasteiger partial charge in [-0.3, -0.25) is 19.2 Å². The minimum atomic E-state index is -1.32. The molecule has 9 heteroatoms. The third-order valence-electron chi connectivity index (χ3n) is 7.22. The highest BCUT2D eigenvalue weighted by Gasteiger charge is 2.31. The normalized spacial score (nSPS) is 11.6. The third kappa shape index (κ3) is 8.55. The molecule has 0 aromatic heterocycles. The Morgan fingerprint density at radius 2 is 1.31 bits per heavy atom. The summed E-state index contributed by atoms with van der Waals surface area (Å²) in [7, 11) is 1.56. The van der Waals surface area contributed by atoms with Crippen LogP contribution in [-0.4, -0.2) is 35.5 Å². The lowest BCUT2D eigenvalue weighted by Crippen LogP contribution is -2.25. The number of hydrogen-bond acceptors (Lipinski definition) is 6. The maximum atomic E-state index is 13.6. The predicted octanol–water partition coefficient (Wildman–Crippen LogP) is 8.50. The van der Waals surface area contributed by atoms with Crippen LogP contribution in [0, 0.1) is 0 Å². The molecule has 0 saturated heterocycles. The van der Waals surface area contributed by atoms with Gasteiger partial charge in [-0.25, -0.2) is 0 Å². The van der Waals surface area contributed by atoms with Crippen molar-refractivity contribution in [2.75, 3.05) is 7.11 Å². The number of methoxy groups -OCH3 is 1. The van der Waals surface area contributed by atoms with Gasteiger partial charge in [0.2, 0.25) is 0 Å². The van der Waals surface area contributed by atoms with Crippen molar-refractivity contribution in [2.45, 2.75) is 44.9 Å². The molecule has 0 heterocycles. The molecule has 1 unspecified atom stereocenters. The Bertz CT molecular complexity index is 1690. The summed E-state index contributed by atoms with van der Waals surface area (Å²) in [6, 6.07) is 25.0. The number of halogens is 2. The minimum absolute atomic E-state index is 0.0406. The average Bonchev–Trinajstić information content (AvgIpc) is 2.99. The van der Waals surface area contributed by atoms with Gasteiger partial charge in [-0.1, -0.05) is 74.5 Å². The number of carbonyl (C=O) groups is 4. The van der Waals surface area contributed by atoms with Crippen molar-refractivity contribution < 1.29 is 33.8 Å². The first-order valence-electron chi connectivity index (χ1n) is 14.3. The zero-order valence-electron chi connectivity index (χ0n) is 25.0. The second-order valence-corrected chi connectivity index (χ2v) is 12.6. The third-order valence-corrected chi connectivity index (χ3v) is 8.40. The number of hydrogen-bond donors (Lipinski definition) is 1. The summed E-state index contributed by atoms with van der Waals surface area (Å²) in [6.45, 7) is 4.02. The van der Waals surface area contributed by atoms with Crippen molar-refractivity contribution in [3.63, 3.8) is 0 Å². The lowest BCUT2D eigenvalue weighted by atomic mass is 9.86. The molecule has 4 aromatic rings. The first-order valence-corrected chi connectivity index (χ1v) is 15.8. The topological polar surface area (TPSA) is 107 Å². The molecule has 0 amide bonds. The monoisotopic (exact) mass is 734 g/mol. The standard InChI is InChI=1S/C36H32Br2O7/c1-21(2)25-18-33(26(19-32(25)44-3)29(39)14-22-10-6-4-7-11-22)45-36-27(37)16-24(17-28(36)38)35(31(41)20-34(42)43)30(40)15-23-12-8-5-9-13-23/h4-13,16-19,21,35H,14-15,20H2,1-3H3,(H,42,43). The van der Waals surface area contributed by atoms with E-state index in [-0.39, 0.29) is 24.5 Å². The molecule has 0 saturated carbocycles. The summed E-state index contributed by atoms with van der Waals surface area (Å²) < 4.78 is 12.8. The Labute approximate surface area is 278 Å². The molecule has 0 aliphatic rings. The van der Waals surface area contributed by atoms with E-state index < -0.39 is 29.9 Å². The number of benzene rings is 4. The van der Waals surface area contributed by atoms with E-state index in [1.165, 1.54) is 0 Å². The van der Waals surface area contributed by atoms with Gasteiger partial charge in [0.25, 0.3) is 0 Å². The highest BCUT2D eigenvalue weighted by atomic mass is 79.9. The highest BCUT2D eigenvalue weighted by Crippen LogP contribution is 2.43. The van der Waals surface area contributed by atoms with Crippen molar-refractivity contribution in [3.05, 3.63) is 122 Å². The Morgan fingerprint density at radius 3 is 1.82 bits per heavy atom. The predicted molar refractivity (Wildman–Crippen MR) is 179 cm³/mol. The van der Waals surface area contributed by atoms with Gasteiger partial charge >= 0.3 is 5.97 Å². The lowest BCUT2D eigenvalue weighted by molar-refractivity contribution is -0.141. The van der Waals surface area contributed by atoms with E-state index in [1.807, 2.05) is 50.2 Å². The molecule has 0 aliphatic carbocycles. The van der Waals surface area contributed by atoms with Gasteiger partial charge in [-0.05, 0) is 78.7 Å². The van der Waals surface area contributed by atoms with E-state index in [1.54, 1.807) is 55.6 Å². The zero-order valence-corrected chi connectivity index (χ0v) is 28.2. The van der Waals surface area contributed by atoms with Crippen molar-refractivity contribution in [1.82, 2.24) is 0 Å². The van der Waals surface area contributed by atoms with Gasteiger partial charge in [0, 0.05) is 18.4 Å². The SMILES string of the molecule is COc1cc(C(=O)Cc2ccccc2)c(Oc2c(Br)cc(C(C(=O)CC(=O)O)C(=O)Cc3ccccc3)cc2Br)cc1C(C)C. The Hall–Kier alpha value is -4.08. The molecular weight excluding hydrogens is 704 g/mol. The molecule has 0 aliphatic heterocycles.